The summed E-state index contributed by atoms with van der Waals surface area (Å²) < 4.78 is 5.78. The van der Waals surface area contributed by atoms with E-state index in [1.54, 1.807) is 24.3 Å². The maximum absolute atomic E-state index is 12.2. The number of carbonyl (C=O) groups is 2. The van der Waals surface area contributed by atoms with Gasteiger partial charge in [-0.2, -0.15) is 0 Å². The third-order valence-corrected chi connectivity index (χ3v) is 4.00. The molecule has 5 nitrogen and oxygen atoms in total. The molecule has 1 fully saturated rings. The first-order chi connectivity index (χ1) is 9.52. The van der Waals surface area contributed by atoms with E-state index < -0.39 is 5.37 Å². The molecule has 0 radical (unpaired) electrons. The summed E-state index contributed by atoms with van der Waals surface area (Å²) >= 11 is 6.36. The molecule has 0 aliphatic carbocycles. The van der Waals surface area contributed by atoms with Crippen molar-refractivity contribution in [1.29, 1.82) is 0 Å². The van der Waals surface area contributed by atoms with E-state index in [0.717, 1.165) is 17.5 Å². The van der Waals surface area contributed by atoms with Crippen molar-refractivity contribution in [3.63, 3.8) is 0 Å². The van der Waals surface area contributed by atoms with Crippen LogP contribution in [0.25, 0.3) is 0 Å². The number of amides is 2. The molecular weight excluding hydrogens is 296 g/mol. The van der Waals surface area contributed by atoms with Gasteiger partial charge in [-0.3, -0.25) is 14.5 Å². The average molecular weight is 310 g/mol. The number of rotatable bonds is 4. The smallest absolute Gasteiger partial charge is 0.266 e. The van der Waals surface area contributed by atoms with Crippen molar-refractivity contribution in [3.05, 3.63) is 24.3 Å². The number of ether oxygens (including phenoxy) is 1. The van der Waals surface area contributed by atoms with Gasteiger partial charge in [0.2, 0.25) is 5.91 Å². The molecule has 1 aliphatic heterocycles. The van der Waals surface area contributed by atoms with Gasteiger partial charge in [0.05, 0.1) is 12.3 Å². The SMILES string of the molecule is CCOc1ccc(N2C(=O)C(NC(C)=O)SC2=S)cc1. The normalized spacial score (nSPS) is 18.3. The number of hydrogen-bond donors (Lipinski definition) is 1. The highest BCUT2D eigenvalue weighted by atomic mass is 32.2. The van der Waals surface area contributed by atoms with Crippen LogP contribution in [0, 0.1) is 0 Å². The van der Waals surface area contributed by atoms with Gasteiger partial charge in [-0.05, 0) is 31.2 Å². The molecule has 1 saturated heterocycles. The third-order valence-electron chi connectivity index (χ3n) is 2.59. The Hall–Kier alpha value is -1.60. The molecule has 2 amide bonds. The molecule has 1 aromatic carbocycles. The minimum atomic E-state index is -0.647. The standard InChI is InChI=1S/C13H14N2O3S2/c1-3-18-10-6-4-9(5-7-10)15-12(17)11(14-8(2)16)20-13(15)19/h4-7,11H,3H2,1-2H3,(H,14,16). The fourth-order valence-electron chi connectivity index (χ4n) is 1.78. The summed E-state index contributed by atoms with van der Waals surface area (Å²) in [6.45, 7) is 3.86. The highest BCUT2D eigenvalue weighted by Gasteiger charge is 2.38. The average Bonchev–Trinajstić information content (AvgIpc) is 2.65. The molecule has 1 atom stereocenters. The Morgan fingerprint density at radius 3 is 2.65 bits per heavy atom. The summed E-state index contributed by atoms with van der Waals surface area (Å²) in [7, 11) is 0. The van der Waals surface area contributed by atoms with Crippen molar-refractivity contribution in [1.82, 2.24) is 5.32 Å². The topological polar surface area (TPSA) is 58.6 Å². The largest absolute Gasteiger partial charge is 0.494 e. The predicted molar refractivity (Wildman–Crippen MR) is 82.9 cm³/mol. The summed E-state index contributed by atoms with van der Waals surface area (Å²) in [5, 5.41) is 1.93. The van der Waals surface area contributed by atoms with Gasteiger partial charge in [-0.25, -0.2) is 0 Å². The van der Waals surface area contributed by atoms with Crippen LogP contribution in [0.3, 0.4) is 0 Å². The lowest BCUT2D eigenvalue weighted by Gasteiger charge is -2.16. The van der Waals surface area contributed by atoms with Gasteiger partial charge in [0.1, 0.15) is 10.1 Å². The molecule has 1 unspecified atom stereocenters. The molecular formula is C13H14N2O3S2. The van der Waals surface area contributed by atoms with Crippen LogP contribution < -0.4 is 15.0 Å². The van der Waals surface area contributed by atoms with E-state index in [-0.39, 0.29) is 11.8 Å². The molecule has 1 aromatic rings. The van der Waals surface area contributed by atoms with E-state index in [4.69, 9.17) is 17.0 Å². The summed E-state index contributed by atoms with van der Waals surface area (Å²) in [5.74, 6) is 0.242. The minimum Gasteiger partial charge on any atom is -0.494 e. The lowest BCUT2D eigenvalue weighted by molar-refractivity contribution is -0.123. The summed E-state index contributed by atoms with van der Waals surface area (Å²) in [5.41, 5.74) is 0.670. The number of thiocarbonyl (C=S) groups is 1. The zero-order chi connectivity index (χ0) is 14.7. The quantitative estimate of drug-likeness (QED) is 0.861. The molecule has 1 N–H and O–H groups in total. The second-order valence-corrected chi connectivity index (χ2v) is 5.80. The van der Waals surface area contributed by atoms with Crippen molar-refractivity contribution >= 4 is 45.8 Å². The third kappa shape index (κ3) is 3.10. The predicted octanol–water partition coefficient (Wildman–Crippen LogP) is 1.91. The van der Waals surface area contributed by atoms with Crippen LogP contribution in [0.5, 0.6) is 5.75 Å². The van der Waals surface area contributed by atoms with Gasteiger partial charge in [-0.15, -0.1) is 0 Å². The van der Waals surface area contributed by atoms with E-state index in [0.29, 0.717) is 16.6 Å². The molecule has 7 heteroatoms. The second kappa shape index (κ2) is 6.23. The summed E-state index contributed by atoms with van der Waals surface area (Å²) in [4.78, 5) is 24.7. The molecule has 0 spiro atoms. The first-order valence-electron chi connectivity index (χ1n) is 6.07. The Morgan fingerprint density at radius 2 is 2.10 bits per heavy atom. The van der Waals surface area contributed by atoms with Crippen LogP contribution >= 0.6 is 24.0 Å². The zero-order valence-electron chi connectivity index (χ0n) is 11.1. The first-order valence-corrected chi connectivity index (χ1v) is 7.36. The van der Waals surface area contributed by atoms with Crippen molar-refractivity contribution in [2.45, 2.75) is 19.2 Å². The second-order valence-electron chi connectivity index (χ2n) is 4.06. The molecule has 0 bridgehead atoms. The van der Waals surface area contributed by atoms with Crippen molar-refractivity contribution in [2.24, 2.45) is 0 Å². The molecule has 0 aromatic heterocycles. The lowest BCUT2D eigenvalue weighted by Crippen LogP contribution is -2.40. The summed E-state index contributed by atoms with van der Waals surface area (Å²) in [6.07, 6.45) is 0. The van der Waals surface area contributed by atoms with E-state index in [2.05, 4.69) is 5.32 Å². The number of thioether (sulfide) groups is 1. The Morgan fingerprint density at radius 1 is 1.45 bits per heavy atom. The van der Waals surface area contributed by atoms with Crippen LogP contribution in [0.2, 0.25) is 0 Å². The van der Waals surface area contributed by atoms with Gasteiger partial charge in [-0.1, -0.05) is 24.0 Å². The fourth-order valence-corrected chi connectivity index (χ4v) is 3.20. The number of anilines is 1. The van der Waals surface area contributed by atoms with Crippen LogP contribution in [0.1, 0.15) is 13.8 Å². The van der Waals surface area contributed by atoms with E-state index in [1.807, 2.05) is 6.92 Å². The molecule has 20 heavy (non-hydrogen) atoms. The Balaban J connectivity index is 2.17. The van der Waals surface area contributed by atoms with Crippen LogP contribution in [-0.4, -0.2) is 28.1 Å². The zero-order valence-corrected chi connectivity index (χ0v) is 12.7. The van der Waals surface area contributed by atoms with Gasteiger partial charge in [0, 0.05) is 6.92 Å². The molecule has 1 heterocycles. The van der Waals surface area contributed by atoms with Crippen LogP contribution in [0.4, 0.5) is 5.69 Å². The Kier molecular flexibility index (Phi) is 4.61. The van der Waals surface area contributed by atoms with Crippen LogP contribution in [0.15, 0.2) is 24.3 Å². The lowest BCUT2D eigenvalue weighted by atomic mass is 10.2. The van der Waals surface area contributed by atoms with Crippen LogP contribution in [-0.2, 0) is 9.59 Å². The molecule has 1 aliphatic rings. The number of carbonyl (C=O) groups excluding carboxylic acids is 2. The van der Waals surface area contributed by atoms with Gasteiger partial charge < -0.3 is 10.1 Å². The van der Waals surface area contributed by atoms with E-state index in [1.165, 1.54) is 11.8 Å². The van der Waals surface area contributed by atoms with Gasteiger partial charge in [0.15, 0.2) is 5.37 Å². The van der Waals surface area contributed by atoms with Gasteiger partial charge in [0.25, 0.3) is 5.91 Å². The highest BCUT2D eigenvalue weighted by Crippen LogP contribution is 2.31. The van der Waals surface area contributed by atoms with Crippen molar-refractivity contribution < 1.29 is 14.3 Å². The molecule has 0 saturated carbocycles. The Bertz CT molecular complexity index is 545. The molecule has 2 rings (SSSR count). The minimum absolute atomic E-state index is 0.237. The number of nitrogens with one attached hydrogen (secondary N) is 1. The molecule has 106 valence electrons. The summed E-state index contributed by atoms with van der Waals surface area (Å²) in [6, 6.07) is 7.11. The maximum atomic E-state index is 12.2. The number of nitrogens with zero attached hydrogens (tertiary/aromatic N) is 1. The number of benzene rings is 1. The van der Waals surface area contributed by atoms with Gasteiger partial charge >= 0.3 is 0 Å². The first kappa shape index (κ1) is 14.8. The highest BCUT2D eigenvalue weighted by molar-refractivity contribution is 8.25. The van der Waals surface area contributed by atoms with E-state index >= 15 is 0 Å². The fraction of sp³-hybridized carbons (Fsp3) is 0.308. The maximum Gasteiger partial charge on any atom is 0.266 e. The number of hydrogen-bond acceptors (Lipinski definition) is 5. The van der Waals surface area contributed by atoms with Crippen molar-refractivity contribution in [2.75, 3.05) is 11.5 Å². The monoisotopic (exact) mass is 310 g/mol. The Labute approximate surface area is 126 Å². The van der Waals surface area contributed by atoms with E-state index in [9.17, 15) is 9.59 Å². The van der Waals surface area contributed by atoms with Crippen molar-refractivity contribution in [3.8, 4) is 5.75 Å².